The molecular formula is C22H28FN7. The number of nitrogens with one attached hydrogen (secondary N) is 3. The van der Waals surface area contributed by atoms with Crippen LogP contribution in [0.5, 0.6) is 0 Å². The SMILES string of the molecule is CN[C@H]1CCNC1c1ccc(Nc2ncc(F)c(-c3cnc(C)n3C(C)C)n2)cc1. The number of likely N-dealkylation sites (N-methyl/N-ethyl adjacent to an activating group) is 1. The first kappa shape index (κ1) is 20.4. The first-order valence-corrected chi connectivity index (χ1v) is 10.3. The fourth-order valence-corrected chi connectivity index (χ4v) is 4.15. The van der Waals surface area contributed by atoms with Gasteiger partial charge in [-0.05, 0) is 58.5 Å². The first-order chi connectivity index (χ1) is 14.5. The van der Waals surface area contributed by atoms with Crippen molar-refractivity contribution < 1.29 is 4.39 Å². The molecule has 30 heavy (non-hydrogen) atoms. The van der Waals surface area contributed by atoms with E-state index in [-0.39, 0.29) is 11.7 Å². The van der Waals surface area contributed by atoms with Gasteiger partial charge in [0.2, 0.25) is 5.95 Å². The molecule has 1 aliphatic rings. The molecule has 0 spiro atoms. The highest BCUT2D eigenvalue weighted by Crippen LogP contribution is 2.28. The maximum atomic E-state index is 14.5. The van der Waals surface area contributed by atoms with Crippen molar-refractivity contribution in [1.82, 2.24) is 30.2 Å². The molecular weight excluding hydrogens is 381 g/mol. The van der Waals surface area contributed by atoms with E-state index < -0.39 is 5.82 Å². The number of imidazole rings is 1. The van der Waals surface area contributed by atoms with Gasteiger partial charge in [-0.1, -0.05) is 12.1 Å². The van der Waals surface area contributed by atoms with E-state index in [2.05, 4.69) is 43.0 Å². The highest BCUT2D eigenvalue weighted by molar-refractivity contribution is 5.60. The molecule has 0 amide bonds. The van der Waals surface area contributed by atoms with Gasteiger partial charge in [0.25, 0.3) is 0 Å². The minimum absolute atomic E-state index is 0.145. The Kier molecular flexibility index (Phi) is 5.78. The average Bonchev–Trinajstić information content (AvgIpc) is 3.36. The Hall–Kier alpha value is -2.84. The van der Waals surface area contributed by atoms with Gasteiger partial charge < -0.3 is 20.5 Å². The van der Waals surface area contributed by atoms with Crippen LogP contribution in [0, 0.1) is 12.7 Å². The van der Waals surface area contributed by atoms with Crippen molar-refractivity contribution in [3.63, 3.8) is 0 Å². The van der Waals surface area contributed by atoms with Crippen molar-refractivity contribution in [2.24, 2.45) is 0 Å². The van der Waals surface area contributed by atoms with Crippen molar-refractivity contribution >= 4 is 11.6 Å². The predicted octanol–water partition coefficient (Wildman–Crippen LogP) is 3.73. The maximum Gasteiger partial charge on any atom is 0.227 e. The van der Waals surface area contributed by atoms with E-state index in [9.17, 15) is 4.39 Å². The Morgan fingerprint density at radius 3 is 2.63 bits per heavy atom. The molecule has 1 saturated heterocycles. The van der Waals surface area contributed by atoms with Crippen LogP contribution >= 0.6 is 0 Å². The molecule has 158 valence electrons. The quantitative estimate of drug-likeness (QED) is 0.576. The molecule has 2 atom stereocenters. The van der Waals surface area contributed by atoms with Crippen LogP contribution in [0.1, 0.15) is 43.7 Å². The number of hydrogen-bond acceptors (Lipinski definition) is 6. The van der Waals surface area contributed by atoms with E-state index in [1.165, 1.54) is 11.8 Å². The molecule has 2 aromatic heterocycles. The van der Waals surface area contributed by atoms with Crippen LogP contribution in [0.2, 0.25) is 0 Å². The summed E-state index contributed by atoms with van der Waals surface area (Å²) in [6.45, 7) is 6.99. The Morgan fingerprint density at radius 1 is 1.17 bits per heavy atom. The molecule has 3 N–H and O–H groups in total. The Labute approximate surface area is 176 Å². The number of halogens is 1. The number of anilines is 2. The van der Waals surface area contributed by atoms with Crippen LogP contribution in [-0.2, 0) is 0 Å². The number of rotatable bonds is 6. The fraction of sp³-hybridized carbons (Fsp3) is 0.409. The summed E-state index contributed by atoms with van der Waals surface area (Å²) in [5, 5.41) is 10.1. The lowest BCUT2D eigenvalue weighted by atomic mass is 10.0. The molecule has 1 unspecified atom stereocenters. The molecule has 3 aromatic rings. The van der Waals surface area contributed by atoms with Crippen molar-refractivity contribution in [3.8, 4) is 11.4 Å². The van der Waals surface area contributed by atoms with Crippen LogP contribution in [-0.4, -0.2) is 39.2 Å². The minimum Gasteiger partial charge on any atom is -0.324 e. The van der Waals surface area contributed by atoms with Crippen molar-refractivity contribution in [2.75, 3.05) is 18.9 Å². The lowest BCUT2D eigenvalue weighted by Gasteiger charge is -2.19. The van der Waals surface area contributed by atoms with Gasteiger partial charge in [0.1, 0.15) is 11.5 Å². The summed E-state index contributed by atoms with van der Waals surface area (Å²) in [5.74, 6) is 0.701. The van der Waals surface area contributed by atoms with Crippen LogP contribution < -0.4 is 16.0 Å². The van der Waals surface area contributed by atoms with Gasteiger partial charge in [0.05, 0.1) is 18.1 Å². The number of hydrogen-bond donors (Lipinski definition) is 3. The smallest absolute Gasteiger partial charge is 0.227 e. The normalized spacial score (nSPS) is 18.9. The van der Waals surface area contributed by atoms with Crippen LogP contribution in [0.25, 0.3) is 11.4 Å². The molecule has 1 aliphatic heterocycles. The summed E-state index contributed by atoms with van der Waals surface area (Å²) in [5.41, 5.74) is 2.97. The summed E-state index contributed by atoms with van der Waals surface area (Å²) < 4.78 is 16.5. The molecule has 1 aromatic carbocycles. The van der Waals surface area contributed by atoms with E-state index in [1.54, 1.807) is 6.20 Å². The van der Waals surface area contributed by atoms with Crippen molar-refractivity contribution in [3.05, 3.63) is 53.9 Å². The third-order valence-corrected chi connectivity index (χ3v) is 5.60. The molecule has 4 rings (SSSR count). The van der Waals surface area contributed by atoms with Crippen molar-refractivity contribution in [1.29, 1.82) is 0 Å². The monoisotopic (exact) mass is 409 g/mol. The van der Waals surface area contributed by atoms with Crippen LogP contribution in [0.15, 0.2) is 36.7 Å². The maximum absolute atomic E-state index is 14.5. The molecule has 0 saturated carbocycles. The minimum atomic E-state index is -0.469. The highest BCUT2D eigenvalue weighted by atomic mass is 19.1. The van der Waals surface area contributed by atoms with Gasteiger partial charge in [-0.2, -0.15) is 0 Å². The summed E-state index contributed by atoms with van der Waals surface area (Å²) in [6, 6.07) is 9.06. The molecule has 0 bridgehead atoms. The lowest BCUT2D eigenvalue weighted by molar-refractivity contribution is 0.499. The van der Waals surface area contributed by atoms with Crippen LogP contribution in [0.3, 0.4) is 0 Å². The molecule has 8 heteroatoms. The molecule has 3 heterocycles. The Morgan fingerprint density at radius 2 is 1.93 bits per heavy atom. The van der Waals surface area contributed by atoms with E-state index in [0.29, 0.717) is 23.7 Å². The zero-order valence-corrected chi connectivity index (χ0v) is 17.8. The van der Waals surface area contributed by atoms with E-state index in [1.807, 2.05) is 44.5 Å². The highest BCUT2D eigenvalue weighted by Gasteiger charge is 2.26. The lowest BCUT2D eigenvalue weighted by Crippen LogP contribution is -2.31. The molecule has 7 nitrogen and oxygen atoms in total. The van der Waals surface area contributed by atoms with Gasteiger partial charge in [0, 0.05) is 23.8 Å². The molecule has 1 fully saturated rings. The van der Waals surface area contributed by atoms with Gasteiger partial charge in [-0.25, -0.2) is 19.3 Å². The third-order valence-electron chi connectivity index (χ3n) is 5.60. The summed E-state index contributed by atoms with van der Waals surface area (Å²) in [6.07, 6.45) is 3.97. The van der Waals surface area contributed by atoms with Gasteiger partial charge in [0.15, 0.2) is 5.82 Å². The third kappa shape index (κ3) is 3.93. The Bertz CT molecular complexity index is 1010. The number of aryl methyl sites for hydroxylation is 1. The predicted molar refractivity (Wildman–Crippen MR) is 116 cm³/mol. The number of aromatic nitrogens is 4. The van der Waals surface area contributed by atoms with Gasteiger partial charge >= 0.3 is 0 Å². The zero-order chi connectivity index (χ0) is 21.3. The standard InChI is InChI=1S/C22H28FN7/c1-13(2)30-14(3)26-12-19(30)21-17(23)11-27-22(29-21)28-16-7-5-15(6-8-16)20-18(24-4)9-10-25-20/h5-8,11-13,18,20,24-25H,9-10H2,1-4H3,(H,27,28,29)/t18-,20?/m0/s1. The fourth-order valence-electron chi connectivity index (χ4n) is 4.15. The van der Waals surface area contributed by atoms with E-state index in [0.717, 1.165) is 24.5 Å². The summed E-state index contributed by atoms with van der Waals surface area (Å²) in [4.78, 5) is 12.9. The zero-order valence-electron chi connectivity index (χ0n) is 17.8. The average molecular weight is 410 g/mol. The van der Waals surface area contributed by atoms with Gasteiger partial charge in [-0.15, -0.1) is 0 Å². The second kappa shape index (κ2) is 8.49. The number of nitrogens with zero attached hydrogens (tertiary/aromatic N) is 4. The molecule has 0 aliphatic carbocycles. The summed E-state index contributed by atoms with van der Waals surface area (Å²) in [7, 11) is 2.00. The van der Waals surface area contributed by atoms with Gasteiger partial charge in [-0.3, -0.25) is 0 Å². The second-order valence-electron chi connectivity index (χ2n) is 7.91. The van der Waals surface area contributed by atoms with Crippen LogP contribution in [0.4, 0.5) is 16.0 Å². The first-order valence-electron chi connectivity index (χ1n) is 10.3. The molecule has 0 radical (unpaired) electrons. The van der Waals surface area contributed by atoms with E-state index in [4.69, 9.17) is 0 Å². The van der Waals surface area contributed by atoms with E-state index >= 15 is 0 Å². The topological polar surface area (TPSA) is 79.7 Å². The second-order valence-corrected chi connectivity index (χ2v) is 7.91. The largest absolute Gasteiger partial charge is 0.324 e. The summed E-state index contributed by atoms with van der Waals surface area (Å²) >= 11 is 0. The number of benzene rings is 1. The Balaban J connectivity index is 1.57. The van der Waals surface area contributed by atoms with Crippen molar-refractivity contribution in [2.45, 2.75) is 45.3 Å².